The maximum Gasteiger partial charge on any atom is 0.0845 e. The molecule has 1 N–H and O–H groups in total. The minimum absolute atomic E-state index is 0.246. The first kappa shape index (κ1) is 12.8. The van der Waals surface area contributed by atoms with Gasteiger partial charge in [0.1, 0.15) is 0 Å². The summed E-state index contributed by atoms with van der Waals surface area (Å²) in [6, 6.07) is 0.246. The van der Waals surface area contributed by atoms with Gasteiger partial charge in [-0.3, -0.25) is 9.36 Å². The molecule has 1 unspecified atom stereocenters. The van der Waals surface area contributed by atoms with Crippen LogP contribution in [0, 0.1) is 0 Å². The van der Waals surface area contributed by atoms with Crippen molar-refractivity contribution in [2.24, 2.45) is 14.1 Å². The van der Waals surface area contributed by atoms with Gasteiger partial charge in [-0.2, -0.15) is 5.10 Å². The van der Waals surface area contributed by atoms with Crippen molar-refractivity contribution in [2.75, 3.05) is 6.54 Å². The lowest BCUT2D eigenvalue weighted by Gasteiger charge is -2.15. The monoisotopic (exact) mass is 248 g/mol. The van der Waals surface area contributed by atoms with Crippen molar-refractivity contribution < 1.29 is 0 Å². The van der Waals surface area contributed by atoms with Crippen LogP contribution in [-0.2, 0) is 20.5 Å². The van der Waals surface area contributed by atoms with E-state index in [0.717, 1.165) is 25.1 Å². The Kier molecular flexibility index (Phi) is 4.09. The first-order chi connectivity index (χ1) is 8.69. The number of aryl methyl sites for hydroxylation is 2. The summed E-state index contributed by atoms with van der Waals surface area (Å²) in [5, 5.41) is 15.9. The summed E-state index contributed by atoms with van der Waals surface area (Å²) in [6.45, 7) is 3.15. The molecule has 1 atom stereocenters. The second-order valence-electron chi connectivity index (χ2n) is 4.54. The lowest BCUT2D eigenvalue weighted by Crippen LogP contribution is -2.24. The van der Waals surface area contributed by atoms with E-state index in [-0.39, 0.29) is 6.04 Å². The second-order valence-corrected chi connectivity index (χ2v) is 4.54. The molecule has 0 aliphatic heterocycles. The molecule has 6 heteroatoms. The molecule has 0 saturated carbocycles. The van der Waals surface area contributed by atoms with Crippen molar-refractivity contribution in [3.05, 3.63) is 29.8 Å². The molecule has 98 valence electrons. The van der Waals surface area contributed by atoms with Gasteiger partial charge in [-0.15, -0.1) is 5.10 Å². The summed E-state index contributed by atoms with van der Waals surface area (Å²) < 4.78 is 3.56. The molecular weight excluding hydrogens is 228 g/mol. The quantitative estimate of drug-likeness (QED) is 0.822. The van der Waals surface area contributed by atoms with E-state index < -0.39 is 0 Å². The van der Waals surface area contributed by atoms with E-state index in [9.17, 15) is 0 Å². The first-order valence-electron chi connectivity index (χ1n) is 6.26. The van der Waals surface area contributed by atoms with E-state index in [4.69, 9.17) is 0 Å². The Morgan fingerprint density at radius 1 is 1.28 bits per heavy atom. The van der Waals surface area contributed by atoms with Crippen molar-refractivity contribution in [1.29, 1.82) is 0 Å². The molecular formula is C12H20N6. The molecule has 0 fully saturated rings. The van der Waals surface area contributed by atoms with E-state index in [2.05, 4.69) is 27.7 Å². The van der Waals surface area contributed by atoms with Crippen LogP contribution in [0.3, 0.4) is 0 Å². The van der Waals surface area contributed by atoms with Gasteiger partial charge in [0.25, 0.3) is 0 Å². The molecule has 2 aromatic rings. The number of nitrogens with zero attached hydrogens (tertiary/aromatic N) is 5. The number of aromatic nitrogens is 5. The van der Waals surface area contributed by atoms with Crippen LogP contribution in [0.5, 0.6) is 0 Å². The molecule has 2 heterocycles. The van der Waals surface area contributed by atoms with E-state index in [0.29, 0.717) is 0 Å². The molecule has 2 aromatic heterocycles. The normalized spacial score (nSPS) is 12.8. The third kappa shape index (κ3) is 3.16. The summed E-state index contributed by atoms with van der Waals surface area (Å²) in [4.78, 5) is 0. The molecule has 0 radical (unpaired) electrons. The summed E-state index contributed by atoms with van der Waals surface area (Å²) in [5.74, 6) is 0. The van der Waals surface area contributed by atoms with Gasteiger partial charge >= 0.3 is 0 Å². The molecule has 0 aliphatic rings. The summed E-state index contributed by atoms with van der Waals surface area (Å²) >= 11 is 0. The third-order valence-electron chi connectivity index (χ3n) is 2.83. The lowest BCUT2D eigenvalue weighted by atomic mass is 10.1. The van der Waals surface area contributed by atoms with Gasteiger partial charge in [-0.1, -0.05) is 12.1 Å². The zero-order chi connectivity index (χ0) is 13.0. The van der Waals surface area contributed by atoms with Crippen molar-refractivity contribution in [3.8, 4) is 0 Å². The number of hydrogen-bond acceptors (Lipinski definition) is 4. The highest BCUT2D eigenvalue weighted by Gasteiger charge is 2.14. The van der Waals surface area contributed by atoms with Gasteiger partial charge in [-0.25, -0.2) is 0 Å². The zero-order valence-corrected chi connectivity index (χ0v) is 11.2. The maximum atomic E-state index is 4.23. The highest BCUT2D eigenvalue weighted by atomic mass is 15.4. The second kappa shape index (κ2) is 5.77. The van der Waals surface area contributed by atoms with Crippen LogP contribution in [0.4, 0.5) is 0 Å². The van der Waals surface area contributed by atoms with Crippen LogP contribution < -0.4 is 5.32 Å². The molecule has 0 amide bonds. The molecule has 0 spiro atoms. The Balaban J connectivity index is 2.09. The van der Waals surface area contributed by atoms with Gasteiger partial charge in [0.15, 0.2) is 0 Å². The van der Waals surface area contributed by atoms with E-state index in [1.807, 2.05) is 37.4 Å². The maximum absolute atomic E-state index is 4.23. The molecule has 2 rings (SSSR count). The standard InChI is InChI=1S/C12H20N6/c1-4-5-13-12(10-7-14-17(2)8-10)6-11-9-18(3)16-15-11/h7-9,12-13H,4-6H2,1-3H3. The Morgan fingerprint density at radius 2 is 2.11 bits per heavy atom. The van der Waals surface area contributed by atoms with Gasteiger partial charge in [-0.05, 0) is 13.0 Å². The van der Waals surface area contributed by atoms with Crippen LogP contribution in [0.2, 0.25) is 0 Å². The Morgan fingerprint density at radius 3 is 2.67 bits per heavy atom. The summed E-state index contributed by atoms with van der Waals surface area (Å²) in [7, 11) is 3.82. The number of nitrogens with one attached hydrogen (secondary N) is 1. The first-order valence-corrected chi connectivity index (χ1v) is 6.26. The SMILES string of the molecule is CCCNC(Cc1cn(C)nn1)c1cnn(C)c1. The minimum atomic E-state index is 0.246. The third-order valence-corrected chi connectivity index (χ3v) is 2.83. The molecule has 0 bridgehead atoms. The topological polar surface area (TPSA) is 60.6 Å². The van der Waals surface area contributed by atoms with E-state index in [1.165, 1.54) is 5.56 Å². The predicted molar refractivity (Wildman–Crippen MR) is 68.9 cm³/mol. The van der Waals surface area contributed by atoms with Crippen LogP contribution in [0.1, 0.15) is 30.6 Å². The smallest absolute Gasteiger partial charge is 0.0845 e. The average molecular weight is 248 g/mol. The highest BCUT2D eigenvalue weighted by molar-refractivity contribution is 5.13. The van der Waals surface area contributed by atoms with Crippen LogP contribution in [0.25, 0.3) is 0 Å². The van der Waals surface area contributed by atoms with Crippen molar-refractivity contribution in [3.63, 3.8) is 0 Å². The zero-order valence-electron chi connectivity index (χ0n) is 11.2. The lowest BCUT2D eigenvalue weighted by molar-refractivity contribution is 0.523. The molecule has 0 aliphatic carbocycles. The van der Waals surface area contributed by atoms with E-state index in [1.54, 1.807) is 4.68 Å². The van der Waals surface area contributed by atoms with Crippen LogP contribution in [0.15, 0.2) is 18.6 Å². The van der Waals surface area contributed by atoms with Crippen molar-refractivity contribution in [1.82, 2.24) is 30.1 Å². The van der Waals surface area contributed by atoms with Crippen LogP contribution in [-0.4, -0.2) is 31.3 Å². The largest absolute Gasteiger partial charge is 0.310 e. The van der Waals surface area contributed by atoms with Gasteiger partial charge in [0.05, 0.1) is 11.9 Å². The minimum Gasteiger partial charge on any atom is -0.310 e. The predicted octanol–water partition coefficient (Wildman–Crippen LogP) is 0.832. The Hall–Kier alpha value is -1.69. The fraction of sp³-hybridized carbons (Fsp3) is 0.583. The van der Waals surface area contributed by atoms with Crippen molar-refractivity contribution in [2.45, 2.75) is 25.8 Å². The Bertz CT molecular complexity index is 486. The summed E-state index contributed by atoms with van der Waals surface area (Å²) in [6.07, 6.45) is 7.85. The van der Waals surface area contributed by atoms with Gasteiger partial charge < -0.3 is 5.32 Å². The fourth-order valence-electron chi connectivity index (χ4n) is 1.94. The number of hydrogen-bond donors (Lipinski definition) is 1. The molecule has 0 saturated heterocycles. The Labute approximate surface area is 107 Å². The average Bonchev–Trinajstić information content (AvgIpc) is 2.93. The number of rotatable bonds is 6. The molecule has 6 nitrogen and oxygen atoms in total. The fourth-order valence-corrected chi connectivity index (χ4v) is 1.94. The molecule has 18 heavy (non-hydrogen) atoms. The van der Waals surface area contributed by atoms with E-state index >= 15 is 0 Å². The molecule has 0 aromatic carbocycles. The van der Waals surface area contributed by atoms with Crippen molar-refractivity contribution >= 4 is 0 Å². The van der Waals surface area contributed by atoms with Crippen LogP contribution >= 0.6 is 0 Å². The summed E-state index contributed by atoms with van der Waals surface area (Å²) in [5.41, 5.74) is 2.19. The van der Waals surface area contributed by atoms with Gasteiger partial charge in [0, 0.05) is 44.5 Å². The van der Waals surface area contributed by atoms with Gasteiger partial charge in [0.2, 0.25) is 0 Å². The highest BCUT2D eigenvalue weighted by Crippen LogP contribution is 2.16.